The number of carbonyl (C=O) groups excluding carboxylic acids is 1. The van der Waals surface area contributed by atoms with E-state index in [0.29, 0.717) is 19.8 Å². The molecule has 0 aliphatic carbocycles. The van der Waals surface area contributed by atoms with Crippen molar-refractivity contribution in [3.8, 4) is 0 Å². The van der Waals surface area contributed by atoms with Gasteiger partial charge >= 0.3 is 6.03 Å². The molecule has 2 saturated heterocycles. The minimum absolute atomic E-state index is 0.0365. The van der Waals surface area contributed by atoms with Crippen LogP contribution in [0.1, 0.15) is 0 Å². The summed E-state index contributed by atoms with van der Waals surface area (Å²) in [4.78, 5) is 13.6. The summed E-state index contributed by atoms with van der Waals surface area (Å²) in [5, 5.41) is 2.87. The van der Waals surface area contributed by atoms with E-state index in [4.69, 9.17) is 4.74 Å². The number of amides is 2. The summed E-state index contributed by atoms with van der Waals surface area (Å²) in [6.07, 6.45) is 0. The molecule has 0 unspecified atom stereocenters. The van der Waals surface area contributed by atoms with Gasteiger partial charge in [-0.1, -0.05) is 15.9 Å². The van der Waals surface area contributed by atoms with Crippen LogP contribution in [0.15, 0.2) is 28.7 Å². The number of urea groups is 1. The third kappa shape index (κ3) is 1.35. The van der Waals surface area contributed by atoms with Crippen LogP contribution >= 0.6 is 15.9 Å². The molecule has 0 atom stereocenters. The first-order valence-corrected chi connectivity index (χ1v) is 5.92. The lowest BCUT2D eigenvalue weighted by Crippen LogP contribution is -2.61. The summed E-state index contributed by atoms with van der Waals surface area (Å²) in [6, 6.07) is 7.72. The van der Waals surface area contributed by atoms with Crippen LogP contribution in [0, 0.1) is 0 Å². The lowest BCUT2D eigenvalue weighted by molar-refractivity contribution is -0.0430. The zero-order valence-electron chi connectivity index (χ0n) is 8.57. The quantitative estimate of drug-likeness (QED) is 0.853. The number of ether oxygens (including phenoxy) is 1. The molecular weight excluding hydrogens is 272 g/mol. The second-order valence-electron chi connectivity index (χ2n) is 4.19. The molecule has 1 N–H and O–H groups in total. The smallest absolute Gasteiger partial charge is 0.322 e. The summed E-state index contributed by atoms with van der Waals surface area (Å²) in [6.45, 7) is 1.89. The van der Waals surface area contributed by atoms with E-state index >= 15 is 0 Å². The monoisotopic (exact) mass is 282 g/mol. The van der Waals surface area contributed by atoms with E-state index in [1.54, 1.807) is 0 Å². The highest BCUT2D eigenvalue weighted by Crippen LogP contribution is 2.34. The Kier molecular flexibility index (Phi) is 2.19. The summed E-state index contributed by atoms with van der Waals surface area (Å²) >= 11 is 3.38. The lowest BCUT2D eigenvalue weighted by atomic mass is 9.96. The number of nitrogens with zero attached hydrogens (tertiary/aromatic N) is 1. The Morgan fingerprint density at radius 3 is 2.56 bits per heavy atom. The first kappa shape index (κ1) is 10.1. The molecule has 2 fully saturated rings. The molecule has 0 aromatic heterocycles. The van der Waals surface area contributed by atoms with Crippen molar-refractivity contribution in [3.63, 3.8) is 0 Å². The summed E-state index contributed by atoms with van der Waals surface area (Å²) in [7, 11) is 0. The lowest BCUT2D eigenvalue weighted by Gasteiger charge is -2.43. The summed E-state index contributed by atoms with van der Waals surface area (Å²) in [5.74, 6) is 0. The van der Waals surface area contributed by atoms with Crippen molar-refractivity contribution in [2.24, 2.45) is 0 Å². The van der Waals surface area contributed by atoms with Crippen LogP contribution in [0.5, 0.6) is 0 Å². The molecule has 5 heteroatoms. The largest absolute Gasteiger partial charge is 0.376 e. The van der Waals surface area contributed by atoms with E-state index in [0.717, 1.165) is 10.2 Å². The number of hydrogen-bond donors (Lipinski definition) is 1. The van der Waals surface area contributed by atoms with Crippen LogP contribution in [0.4, 0.5) is 10.5 Å². The Bertz CT molecular complexity index is 428. The zero-order chi connectivity index (χ0) is 11.2. The van der Waals surface area contributed by atoms with Gasteiger partial charge in [-0.2, -0.15) is 0 Å². The fourth-order valence-corrected chi connectivity index (χ4v) is 2.43. The molecular formula is C11H11BrN2O2. The predicted molar refractivity (Wildman–Crippen MR) is 63.6 cm³/mol. The highest BCUT2D eigenvalue weighted by atomic mass is 79.9. The standard InChI is InChI=1S/C11H11BrN2O2/c12-8-1-3-9(4-2-8)14-10(15)13-5-11(14)6-16-7-11/h1-4H,5-7H2,(H,13,15). The van der Waals surface area contributed by atoms with E-state index in [2.05, 4.69) is 21.2 Å². The fourth-order valence-electron chi connectivity index (χ4n) is 2.16. The molecule has 16 heavy (non-hydrogen) atoms. The van der Waals surface area contributed by atoms with Gasteiger partial charge in [0.15, 0.2) is 0 Å². The minimum Gasteiger partial charge on any atom is -0.376 e. The topological polar surface area (TPSA) is 41.6 Å². The van der Waals surface area contributed by atoms with Gasteiger partial charge in [-0.25, -0.2) is 4.79 Å². The Morgan fingerprint density at radius 2 is 2.00 bits per heavy atom. The molecule has 0 radical (unpaired) electrons. The van der Waals surface area contributed by atoms with Crippen molar-refractivity contribution >= 4 is 27.6 Å². The number of halogens is 1. The van der Waals surface area contributed by atoms with Gasteiger partial charge in [0.25, 0.3) is 0 Å². The third-order valence-corrected chi connectivity index (χ3v) is 3.60. The van der Waals surface area contributed by atoms with Crippen LogP contribution in [0.25, 0.3) is 0 Å². The van der Waals surface area contributed by atoms with Crippen molar-refractivity contribution in [1.29, 1.82) is 0 Å². The zero-order valence-corrected chi connectivity index (χ0v) is 10.2. The van der Waals surface area contributed by atoms with Crippen LogP contribution in [0.2, 0.25) is 0 Å². The van der Waals surface area contributed by atoms with Gasteiger partial charge in [0.1, 0.15) is 5.54 Å². The first-order chi connectivity index (χ1) is 7.71. The normalized spacial score (nSPS) is 22.1. The highest BCUT2D eigenvalue weighted by molar-refractivity contribution is 9.10. The van der Waals surface area contributed by atoms with Crippen LogP contribution in [0.3, 0.4) is 0 Å². The Balaban J connectivity index is 1.97. The molecule has 2 amide bonds. The maximum Gasteiger partial charge on any atom is 0.322 e. The van der Waals surface area contributed by atoms with E-state index in [9.17, 15) is 4.79 Å². The molecule has 2 heterocycles. The molecule has 4 nitrogen and oxygen atoms in total. The SMILES string of the molecule is O=C1NCC2(COC2)N1c1ccc(Br)cc1. The van der Waals surface area contributed by atoms with Crippen LogP contribution < -0.4 is 10.2 Å². The van der Waals surface area contributed by atoms with E-state index in [-0.39, 0.29) is 11.6 Å². The fraction of sp³-hybridized carbons (Fsp3) is 0.364. The number of carbonyl (C=O) groups is 1. The van der Waals surface area contributed by atoms with Crippen molar-refractivity contribution in [2.75, 3.05) is 24.7 Å². The molecule has 0 bridgehead atoms. The molecule has 2 aliphatic rings. The summed E-state index contributed by atoms with van der Waals surface area (Å²) in [5.41, 5.74) is 0.756. The second kappa shape index (κ2) is 3.46. The number of nitrogens with one attached hydrogen (secondary N) is 1. The average molecular weight is 283 g/mol. The molecule has 1 aromatic carbocycles. The Morgan fingerprint density at radius 1 is 1.31 bits per heavy atom. The van der Waals surface area contributed by atoms with Gasteiger partial charge in [0.2, 0.25) is 0 Å². The van der Waals surface area contributed by atoms with Gasteiger partial charge in [-0.15, -0.1) is 0 Å². The second-order valence-corrected chi connectivity index (χ2v) is 5.10. The Labute approximate surface area is 102 Å². The maximum absolute atomic E-state index is 11.8. The number of anilines is 1. The van der Waals surface area contributed by atoms with Crippen molar-refractivity contribution in [3.05, 3.63) is 28.7 Å². The highest BCUT2D eigenvalue weighted by Gasteiger charge is 2.51. The van der Waals surface area contributed by atoms with E-state index < -0.39 is 0 Å². The van der Waals surface area contributed by atoms with Crippen LogP contribution in [-0.4, -0.2) is 31.3 Å². The van der Waals surface area contributed by atoms with E-state index in [1.807, 2.05) is 29.2 Å². The number of hydrogen-bond acceptors (Lipinski definition) is 2. The van der Waals surface area contributed by atoms with Gasteiger partial charge in [-0.3, -0.25) is 4.90 Å². The summed E-state index contributed by atoms with van der Waals surface area (Å²) < 4.78 is 6.25. The minimum atomic E-state index is -0.162. The Hall–Kier alpha value is -1.07. The number of benzene rings is 1. The van der Waals surface area contributed by atoms with Crippen molar-refractivity contribution in [2.45, 2.75) is 5.54 Å². The number of rotatable bonds is 1. The molecule has 84 valence electrons. The van der Waals surface area contributed by atoms with Gasteiger partial charge in [-0.05, 0) is 24.3 Å². The maximum atomic E-state index is 11.8. The van der Waals surface area contributed by atoms with Gasteiger partial charge in [0.05, 0.1) is 13.2 Å². The average Bonchev–Trinajstić information content (AvgIpc) is 2.57. The molecule has 1 aromatic rings. The molecule has 2 aliphatic heterocycles. The van der Waals surface area contributed by atoms with E-state index in [1.165, 1.54) is 0 Å². The predicted octanol–water partition coefficient (Wildman–Crippen LogP) is 1.75. The van der Waals surface area contributed by atoms with Crippen molar-refractivity contribution in [1.82, 2.24) is 5.32 Å². The molecule has 3 rings (SSSR count). The van der Waals surface area contributed by atoms with Crippen molar-refractivity contribution < 1.29 is 9.53 Å². The van der Waals surface area contributed by atoms with Gasteiger partial charge < -0.3 is 10.1 Å². The molecule has 0 saturated carbocycles. The van der Waals surface area contributed by atoms with Gasteiger partial charge in [0, 0.05) is 16.7 Å². The van der Waals surface area contributed by atoms with Crippen LogP contribution in [-0.2, 0) is 4.74 Å². The third-order valence-electron chi connectivity index (χ3n) is 3.07. The molecule has 1 spiro atoms. The first-order valence-electron chi connectivity index (χ1n) is 5.13.